The Morgan fingerprint density at radius 3 is 2.71 bits per heavy atom. The molecule has 0 aromatic carbocycles. The van der Waals surface area contributed by atoms with Crippen LogP contribution in [0.2, 0.25) is 0 Å². The minimum atomic E-state index is 0.00928. The van der Waals surface area contributed by atoms with Crippen LogP contribution >= 0.6 is 0 Å². The lowest BCUT2D eigenvalue weighted by Gasteiger charge is -2.39. The van der Waals surface area contributed by atoms with Crippen LogP contribution in [0.25, 0.3) is 0 Å². The van der Waals surface area contributed by atoms with Gasteiger partial charge in [-0.1, -0.05) is 32.4 Å². The van der Waals surface area contributed by atoms with E-state index in [-0.39, 0.29) is 23.2 Å². The molecule has 138 valence electrons. The Morgan fingerprint density at radius 1 is 1.25 bits per heavy atom. The zero-order valence-corrected chi connectivity index (χ0v) is 15.8. The number of ether oxygens (including phenoxy) is 4. The van der Waals surface area contributed by atoms with Gasteiger partial charge in [-0.3, -0.25) is 0 Å². The van der Waals surface area contributed by atoms with Crippen molar-refractivity contribution in [3.8, 4) is 0 Å². The Balaban J connectivity index is 1.59. The third kappa shape index (κ3) is 3.31. The summed E-state index contributed by atoms with van der Waals surface area (Å²) in [6.07, 6.45) is 9.58. The quantitative estimate of drug-likeness (QED) is 0.376. The molecule has 0 N–H and O–H groups in total. The molecular formula is C20H34O4. The molecule has 4 heteroatoms. The normalized spacial score (nSPS) is 37.7. The summed E-state index contributed by atoms with van der Waals surface area (Å²) in [6, 6.07) is 0. The van der Waals surface area contributed by atoms with E-state index in [2.05, 4.69) is 26.8 Å². The van der Waals surface area contributed by atoms with Crippen molar-refractivity contribution in [3.63, 3.8) is 0 Å². The van der Waals surface area contributed by atoms with E-state index in [9.17, 15) is 0 Å². The molecule has 24 heavy (non-hydrogen) atoms. The summed E-state index contributed by atoms with van der Waals surface area (Å²) in [7, 11) is 1.66. The predicted octanol–water partition coefficient (Wildman–Crippen LogP) is 4.29. The highest BCUT2D eigenvalue weighted by Gasteiger charge is 2.62. The number of fused-ring (bicyclic) bond motifs is 2. The van der Waals surface area contributed by atoms with Crippen LogP contribution in [-0.4, -0.2) is 39.5 Å². The lowest BCUT2D eigenvalue weighted by molar-refractivity contribution is -0.205. The molecule has 2 fully saturated rings. The molecule has 0 aromatic heterocycles. The fourth-order valence-corrected chi connectivity index (χ4v) is 4.89. The van der Waals surface area contributed by atoms with Gasteiger partial charge in [0.2, 0.25) is 0 Å². The molecule has 3 aliphatic rings. The first kappa shape index (κ1) is 18.4. The van der Waals surface area contributed by atoms with Gasteiger partial charge in [0.25, 0.3) is 0 Å². The summed E-state index contributed by atoms with van der Waals surface area (Å²) in [6.45, 7) is 9.22. The van der Waals surface area contributed by atoms with E-state index in [4.69, 9.17) is 18.9 Å². The molecule has 0 aromatic rings. The third-order valence-corrected chi connectivity index (χ3v) is 6.72. The summed E-state index contributed by atoms with van der Waals surface area (Å²) in [5.41, 5.74) is 1.98. The molecule has 4 nitrogen and oxygen atoms in total. The summed E-state index contributed by atoms with van der Waals surface area (Å²) in [5.74, 6) is 0.624. The number of hydrogen-bond donors (Lipinski definition) is 0. The summed E-state index contributed by atoms with van der Waals surface area (Å²) in [4.78, 5) is 0. The summed E-state index contributed by atoms with van der Waals surface area (Å²) < 4.78 is 22.6. The summed E-state index contributed by atoms with van der Waals surface area (Å²) >= 11 is 0. The second-order valence-corrected chi connectivity index (χ2v) is 8.35. The molecule has 1 saturated carbocycles. The van der Waals surface area contributed by atoms with Crippen molar-refractivity contribution in [1.82, 2.24) is 0 Å². The van der Waals surface area contributed by atoms with Crippen LogP contribution in [-0.2, 0) is 18.9 Å². The van der Waals surface area contributed by atoms with E-state index in [1.807, 2.05) is 0 Å². The highest BCUT2D eigenvalue weighted by molar-refractivity contribution is 5.33. The van der Waals surface area contributed by atoms with Crippen LogP contribution in [0.4, 0.5) is 0 Å². The molecule has 2 aliphatic carbocycles. The SMILES string of the molecule is COCOCCCC1=C[C@@]2(C)[C@H](O[C@H]3CCCCO3)C[C@H]1C2(C)C. The van der Waals surface area contributed by atoms with Crippen LogP contribution in [0.15, 0.2) is 11.6 Å². The average Bonchev–Trinajstić information content (AvgIpc) is 2.87. The van der Waals surface area contributed by atoms with Gasteiger partial charge in [-0.2, -0.15) is 0 Å². The lowest BCUT2D eigenvalue weighted by atomic mass is 9.69. The fourth-order valence-electron chi connectivity index (χ4n) is 4.89. The zero-order chi connectivity index (χ0) is 17.2. The van der Waals surface area contributed by atoms with Gasteiger partial charge in [0.1, 0.15) is 6.79 Å². The summed E-state index contributed by atoms with van der Waals surface area (Å²) in [5, 5.41) is 0. The van der Waals surface area contributed by atoms with Gasteiger partial charge in [-0.25, -0.2) is 0 Å². The molecular weight excluding hydrogens is 304 g/mol. The van der Waals surface area contributed by atoms with Crippen LogP contribution in [0.1, 0.15) is 59.3 Å². The van der Waals surface area contributed by atoms with E-state index >= 15 is 0 Å². The average molecular weight is 338 g/mol. The Bertz CT molecular complexity index is 453. The van der Waals surface area contributed by atoms with Crippen LogP contribution in [0, 0.1) is 16.7 Å². The third-order valence-electron chi connectivity index (χ3n) is 6.72. The monoisotopic (exact) mass is 338 g/mol. The first-order chi connectivity index (χ1) is 11.5. The molecule has 0 radical (unpaired) electrons. The second-order valence-electron chi connectivity index (χ2n) is 8.35. The van der Waals surface area contributed by atoms with E-state index in [0.717, 1.165) is 38.9 Å². The standard InChI is InChI=1S/C20H34O4/c1-19(2)16-12-17(24-18-9-5-6-11-23-18)20(19,3)13-15(16)8-7-10-22-14-21-4/h13,16-18H,5-12,14H2,1-4H3/t16-,17-,18+,20+/m1/s1. The zero-order valence-electron chi connectivity index (χ0n) is 15.8. The van der Waals surface area contributed by atoms with Crippen molar-refractivity contribution < 1.29 is 18.9 Å². The number of allylic oxidation sites excluding steroid dienone is 1. The molecule has 0 unspecified atom stereocenters. The largest absolute Gasteiger partial charge is 0.359 e. The number of hydrogen-bond acceptors (Lipinski definition) is 4. The number of rotatable bonds is 8. The minimum absolute atomic E-state index is 0.00928. The first-order valence-electron chi connectivity index (χ1n) is 9.54. The molecule has 1 saturated heterocycles. The van der Waals surface area contributed by atoms with Gasteiger partial charge in [-0.05, 0) is 49.9 Å². The van der Waals surface area contributed by atoms with Crippen molar-refractivity contribution in [3.05, 3.63) is 11.6 Å². The Kier molecular flexibility index (Phi) is 5.70. The molecule has 1 aliphatic heterocycles. The molecule has 1 heterocycles. The molecule has 0 amide bonds. The lowest BCUT2D eigenvalue weighted by Crippen LogP contribution is -2.39. The van der Waals surface area contributed by atoms with Crippen LogP contribution in [0.3, 0.4) is 0 Å². The Hall–Kier alpha value is -0.420. The van der Waals surface area contributed by atoms with Gasteiger partial charge in [0.15, 0.2) is 6.29 Å². The van der Waals surface area contributed by atoms with Gasteiger partial charge < -0.3 is 18.9 Å². The maximum Gasteiger partial charge on any atom is 0.157 e. The van der Waals surface area contributed by atoms with Crippen molar-refractivity contribution in [2.24, 2.45) is 16.7 Å². The maximum absolute atomic E-state index is 6.42. The van der Waals surface area contributed by atoms with Crippen LogP contribution < -0.4 is 0 Å². The smallest absolute Gasteiger partial charge is 0.157 e. The van der Waals surface area contributed by atoms with Gasteiger partial charge in [-0.15, -0.1) is 0 Å². The first-order valence-corrected chi connectivity index (χ1v) is 9.54. The van der Waals surface area contributed by atoms with E-state index < -0.39 is 0 Å². The van der Waals surface area contributed by atoms with Crippen LogP contribution in [0.5, 0.6) is 0 Å². The number of methoxy groups -OCH3 is 1. The van der Waals surface area contributed by atoms with Gasteiger partial charge >= 0.3 is 0 Å². The van der Waals surface area contributed by atoms with E-state index in [0.29, 0.717) is 12.7 Å². The second kappa shape index (κ2) is 7.45. The Morgan fingerprint density at radius 2 is 2.08 bits per heavy atom. The molecule has 0 spiro atoms. The van der Waals surface area contributed by atoms with Crippen molar-refractivity contribution in [2.75, 3.05) is 27.1 Å². The van der Waals surface area contributed by atoms with E-state index in [1.54, 1.807) is 12.7 Å². The highest BCUT2D eigenvalue weighted by Crippen LogP contribution is 2.66. The molecule has 4 atom stereocenters. The minimum Gasteiger partial charge on any atom is -0.359 e. The molecule has 3 rings (SSSR count). The maximum atomic E-state index is 6.42. The van der Waals surface area contributed by atoms with Gasteiger partial charge in [0.05, 0.1) is 6.10 Å². The Labute approximate surface area is 146 Å². The van der Waals surface area contributed by atoms with Gasteiger partial charge in [0, 0.05) is 25.7 Å². The molecule has 2 bridgehead atoms. The fraction of sp³-hybridized carbons (Fsp3) is 0.900. The topological polar surface area (TPSA) is 36.9 Å². The van der Waals surface area contributed by atoms with Crippen molar-refractivity contribution >= 4 is 0 Å². The predicted molar refractivity (Wildman–Crippen MR) is 93.6 cm³/mol. The van der Waals surface area contributed by atoms with Crippen molar-refractivity contribution in [1.29, 1.82) is 0 Å². The van der Waals surface area contributed by atoms with E-state index in [1.165, 1.54) is 12.8 Å². The van der Waals surface area contributed by atoms with Crippen molar-refractivity contribution in [2.45, 2.75) is 71.7 Å². The highest BCUT2D eigenvalue weighted by atomic mass is 16.7.